The van der Waals surface area contributed by atoms with Crippen molar-refractivity contribution in [2.45, 2.75) is 40.0 Å². The van der Waals surface area contributed by atoms with Crippen molar-refractivity contribution in [2.75, 3.05) is 6.61 Å². The lowest BCUT2D eigenvalue weighted by Crippen LogP contribution is -1.98. The number of hydrogen-bond acceptors (Lipinski definition) is 2. The molecule has 3 nitrogen and oxygen atoms in total. The summed E-state index contributed by atoms with van der Waals surface area (Å²) in [4.78, 5) is 11.9. The van der Waals surface area contributed by atoms with Crippen molar-refractivity contribution in [3.63, 3.8) is 0 Å². The quantitative estimate of drug-likeness (QED) is 0.546. The van der Waals surface area contributed by atoms with Crippen LogP contribution in [0.2, 0.25) is 0 Å². The van der Waals surface area contributed by atoms with E-state index in [2.05, 4.69) is 50.4 Å². The van der Waals surface area contributed by atoms with Gasteiger partial charge < -0.3 is 9.14 Å². The summed E-state index contributed by atoms with van der Waals surface area (Å²) >= 11 is 0. The van der Waals surface area contributed by atoms with E-state index in [0.717, 1.165) is 47.9 Å². The number of aryl methyl sites for hydroxylation is 2. The number of benzene rings is 1. The normalized spacial score (nSPS) is 11.0. The minimum atomic E-state index is 0.601. The number of aromatic nitrogens is 1. The fourth-order valence-electron chi connectivity index (χ4n) is 3.29. The van der Waals surface area contributed by atoms with E-state index in [1.54, 1.807) is 0 Å². The van der Waals surface area contributed by atoms with Crippen LogP contribution < -0.4 is 4.74 Å². The summed E-state index contributed by atoms with van der Waals surface area (Å²) in [6, 6.07) is 12.6. The van der Waals surface area contributed by atoms with Gasteiger partial charge in [-0.15, -0.1) is 0 Å². The van der Waals surface area contributed by atoms with Crippen molar-refractivity contribution in [1.82, 2.24) is 4.40 Å². The molecule has 3 rings (SSSR count). The third kappa shape index (κ3) is 3.32. The first-order valence-corrected chi connectivity index (χ1v) is 9.07. The lowest BCUT2D eigenvalue weighted by atomic mass is 10.00. The topological polar surface area (TPSA) is 30.7 Å². The number of rotatable bonds is 7. The first kappa shape index (κ1) is 17.3. The number of pyridine rings is 1. The maximum absolute atomic E-state index is 11.9. The molecule has 2 heterocycles. The first-order chi connectivity index (χ1) is 12.2. The van der Waals surface area contributed by atoms with Gasteiger partial charge in [-0.25, -0.2) is 0 Å². The van der Waals surface area contributed by atoms with Crippen LogP contribution >= 0.6 is 0 Å². The van der Waals surface area contributed by atoms with Crippen molar-refractivity contribution >= 4 is 11.8 Å². The van der Waals surface area contributed by atoms with Gasteiger partial charge in [0, 0.05) is 22.8 Å². The molecule has 0 fully saturated rings. The molecule has 0 aliphatic carbocycles. The van der Waals surface area contributed by atoms with E-state index in [-0.39, 0.29) is 0 Å². The van der Waals surface area contributed by atoms with Gasteiger partial charge in [0.15, 0.2) is 6.29 Å². The fourth-order valence-corrected chi connectivity index (χ4v) is 3.29. The van der Waals surface area contributed by atoms with Crippen molar-refractivity contribution in [3.05, 3.63) is 59.4 Å². The molecule has 0 radical (unpaired) electrons. The van der Waals surface area contributed by atoms with Gasteiger partial charge in [0.05, 0.1) is 12.3 Å². The third-order valence-electron chi connectivity index (χ3n) is 4.56. The number of nitrogens with zero attached hydrogens (tertiary/aromatic N) is 1. The maximum atomic E-state index is 11.9. The largest absolute Gasteiger partial charge is 0.493 e. The summed E-state index contributed by atoms with van der Waals surface area (Å²) in [5.74, 6) is 0.831. The Kier molecular flexibility index (Phi) is 5.22. The minimum Gasteiger partial charge on any atom is -0.493 e. The molecule has 0 aliphatic heterocycles. The van der Waals surface area contributed by atoms with Crippen LogP contribution in [-0.2, 0) is 12.8 Å². The third-order valence-corrected chi connectivity index (χ3v) is 4.56. The second-order valence-corrected chi connectivity index (χ2v) is 6.26. The first-order valence-electron chi connectivity index (χ1n) is 9.07. The van der Waals surface area contributed by atoms with Crippen molar-refractivity contribution in [2.24, 2.45) is 0 Å². The predicted molar refractivity (Wildman–Crippen MR) is 103 cm³/mol. The molecule has 25 heavy (non-hydrogen) atoms. The molecule has 0 bridgehead atoms. The van der Waals surface area contributed by atoms with Crippen LogP contribution in [0.4, 0.5) is 0 Å². The average Bonchev–Trinajstić information content (AvgIpc) is 3.00. The number of carbonyl (C=O) groups excluding carboxylic acids is 1. The Hall–Kier alpha value is -2.55. The Morgan fingerprint density at radius 2 is 1.80 bits per heavy atom. The Bertz CT molecular complexity index is 892. The highest BCUT2D eigenvalue weighted by Crippen LogP contribution is 2.35. The monoisotopic (exact) mass is 335 g/mol. The molecule has 130 valence electrons. The molecule has 0 saturated heterocycles. The van der Waals surface area contributed by atoms with E-state index in [0.29, 0.717) is 12.3 Å². The predicted octanol–water partition coefficient (Wildman–Crippen LogP) is 5.33. The van der Waals surface area contributed by atoms with Gasteiger partial charge in [0.2, 0.25) is 0 Å². The van der Waals surface area contributed by atoms with Gasteiger partial charge in [-0.3, -0.25) is 4.79 Å². The fraction of sp³-hybridized carbons (Fsp3) is 0.318. The number of hydrogen-bond donors (Lipinski definition) is 0. The van der Waals surface area contributed by atoms with Crippen LogP contribution in [0.5, 0.6) is 5.75 Å². The molecule has 0 N–H and O–H groups in total. The SMILES string of the molecule is CCCc1ccc(OCC)c(-c2cc3ccc(CC)cn3c2C=O)c1. The number of ether oxygens (including phenoxy) is 1. The zero-order chi connectivity index (χ0) is 17.8. The standard InChI is InChI=1S/C22H25NO2/c1-4-7-17-9-11-22(25-6-3)20(12-17)19-13-18-10-8-16(5-2)14-23(18)21(19)15-24/h8-15H,4-7H2,1-3H3. The molecule has 0 saturated carbocycles. The summed E-state index contributed by atoms with van der Waals surface area (Å²) in [6.07, 6.45) is 6.05. The zero-order valence-electron chi connectivity index (χ0n) is 15.2. The Morgan fingerprint density at radius 1 is 1.00 bits per heavy atom. The highest BCUT2D eigenvalue weighted by molar-refractivity contribution is 5.91. The molecule has 0 spiro atoms. The minimum absolute atomic E-state index is 0.601. The molecule has 3 aromatic rings. The number of carbonyl (C=O) groups is 1. The molecule has 0 amide bonds. The lowest BCUT2D eigenvalue weighted by molar-refractivity contribution is 0.111. The van der Waals surface area contributed by atoms with Crippen molar-refractivity contribution in [3.8, 4) is 16.9 Å². The van der Waals surface area contributed by atoms with E-state index >= 15 is 0 Å². The molecular weight excluding hydrogens is 310 g/mol. The molecule has 1 aromatic carbocycles. The van der Waals surface area contributed by atoms with E-state index < -0.39 is 0 Å². The summed E-state index contributed by atoms with van der Waals surface area (Å²) in [7, 11) is 0. The summed E-state index contributed by atoms with van der Waals surface area (Å²) in [6.45, 7) is 6.87. The van der Waals surface area contributed by atoms with Crippen LogP contribution in [0, 0.1) is 0 Å². The van der Waals surface area contributed by atoms with E-state index in [1.807, 2.05) is 17.4 Å². The molecule has 0 atom stereocenters. The molecular formula is C22H25NO2. The second kappa shape index (κ2) is 7.56. The summed E-state index contributed by atoms with van der Waals surface area (Å²) in [5, 5.41) is 0. The van der Waals surface area contributed by atoms with Crippen molar-refractivity contribution < 1.29 is 9.53 Å². The highest BCUT2D eigenvalue weighted by Gasteiger charge is 2.16. The average molecular weight is 335 g/mol. The lowest BCUT2D eigenvalue weighted by Gasteiger charge is -2.12. The van der Waals surface area contributed by atoms with Crippen LogP contribution in [0.25, 0.3) is 16.6 Å². The zero-order valence-corrected chi connectivity index (χ0v) is 15.2. The smallest absolute Gasteiger partial charge is 0.167 e. The van der Waals surface area contributed by atoms with Gasteiger partial charge in [0.25, 0.3) is 0 Å². The van der Waals surface area contributed by atoms with Gasteiger partial charge in [-0.1, -0.05) is 32.4 Å². The van der Waals surface area contributed by atoms with E-state index in [9.17, 15) is 4.79 Å². The van der Waals surface area contributed by atoms with Crippen LogP contribution in [-0.4, -0.2) is 17.3 Å². The second-order valence-electron chi connectivity index (χ2n) is 6.26. The highest BCUT2D eigenvalue weighted by atomic mass is 16.5. The molecule has 0 unspecified atom stereocenters. The van der Waals surface area contributed by atoms with Crippen LogP contribution in [0.15, 0.2) is 42.6 Å². The Labute approximate surface area is 149 Å². The van der Waals surface area contributed by atoms with E-state index in [1.165, 1.54) is 11.1 Å². The Balaban J connectivity index is 2.23. The van der Waals surface area contributed by atoms with Crippen LogP contribution in [0.1, 0.15) is 48.8 Å². The van der Waals surface area contributed by atoms with Gasteiger partial charge in [-0.05, 0) is 55.2 Å². The van der Waals surface area contributed by atoms with Crippen LogP contribution in [0.3, 0.4) is 0 Å². The summed E-state index contributed by atoms with van der Waals surface area (Å²) in [5.41, 5.74) is 6.11. The van der Waals surface area contributed by atoms with Gasteiger partial charge in [0.1, 0.15) is 5.75 Å². The molecule has 0 aliphatic rings. The van der Waals surface area contributed by atoms with Gasteiger partial charge in [-0.2, -0.15) is 0 Å². The molecule has 3 heteroatoms. The maximum Gasteiger partial charge on any atom is 0.167 e. The van der Waals surface area contributed by atoms with Gasteiger partial charge >= 0.3 is 0 Å². The number of fused-ring (bicyclic) bond motifs is 1. The van der Waals surface area contributed by atoms with E-state index in [4.69, 9.17) is 4.74 Å². The number of aldehydes is 1. The molecule has 2 aromatic heterocycles. The Morgan fingerprint density at radius 3 is 2.48 bits per heavy atom. The summed E-state index contributed by atoms with van der Waals surface area (Å²) < 4.78 is 7.83. The van der Waals surface area contributed by atoms with Crippen molar-refractivity contribution in [1.29, 1.82) is 0 Å².